The first-order chi connectivity index (χ1) is 11.2. The Morgan fingerprint density at radius 2 is 1.74 bits per heavy atom. The van der Waals surface area contributed by atoms with Crippen LogP contribution in [0.5, 0.6) is 0 Å². The van der Waals surface area contributed by atoms with Crippen LogP contribution in [0.1, 0.15) is 34.4 Å². The molecule has 0 fully saturated rings. The maximum Gasteiger partial charge on any atom is 0.256 e. The molecule has 2 unspecified atom stereocenters. The van der Waals surface area contributed by atoms with E-state index >= 15 is 0 Å². The van der Waals surface area contributed by atoms with Gasteiger partial charge < -0.3 is 15.4 Å². The number of hydrogen-bond acceptors (Lipinski definition) is 3. The van der Waals surface area contributed by atoms with Gasteiger partial charge in [0.15, 0.2) is 6.10 Å². The van der Waals surface area contributed by atoms with Gasteiger partial charge in [0, 0.05) is 19.1 Å². The van der Waals surface area contributed by atoms with E-state index in [0.717, 1.165) is 23.1 Å². The second-order valence-electron chi connectivity index (χ2n) is 6.22. The Morgan fingerprint density at radius 1 is 1.04 bits per heavy atom. The van der Waals surface area contributed by atoms with Gasteiger partial charge in [0.25, 0.3) is 5.91 Å². The van der Waals surface area contributed by atoms with E-state index in [1.54, 1.807) is 0 Å². The summed E-state index contributed by atoms with van der Waals surface area (Å²) in [5.74, 6) is 0.0158. The molecular formula is C19H20N2O2. The van der Waals surface area contributed by atoms with Crippen molar-refractivity contribution in [1.29, 1.82) is 0 Å². The number of carbonyl (C=O) groups excluding carboxylic acids is 1. The zero-order valence-electron chi connectivity index (χ0n) is 12.9. The molecule has 0 saturated heterocycles. The fraction of sp³-hybridized carbons (Fsp3) is 0.316. The number of ether oxygens (including phenoxy) is 1. The van der Waals surface area contributed by atoms with Crippen LogP contribution in [0, 0.1) is 0 Å². The average Bonchev–Trinajstić information content (AvgIpc) is 2.60. The monoisotopic (exact) mass is 308 g/mol. The maximum absolute atomic E-state index is 13.0. The van der Waals surface area contributed by atoms with Crippen molar-refractivity contribution < 1.29 is 9.53 Å². The van der Waals surface area contributed by atoms with Crippen LogP contribution in [-0.4, -0.2) is 24.0 Å². The van der Waals surface area contributed by atoms with E-state index in [1.165, 1.54) is 5.56 Å². The molecular weight excluding hydrogens is 288 g/mol. The smallest absolute Gasteiger partial charge is 0.256 e. The molecule has 0 radical (unpaired) electrons. The molecule has 2 heterocycles. The first kappa shape index (κ1) is 14.4. The minimum absolute atomic E-state index is 0.0158. The molecule has 2 aromatic rings. The first-order valence-corrected chi connectivity index (χ1v) is 8.05. The lowest BCUT2D eigenvalue weighted by Crippen LogP contribution is -2.44. The fourth-order valence-electron chi connectivity index (χ4n) is 3.58. The lowest BCUT2D eigenvalue weighted by molar-refractivity contribution is -0.146. The summed E-state index contributed by atoms with van der Waals surface area (Å²) in [4.78, 5) is 14.8. The number of benzene rings is 2. The summed E-state index contributed by atoms with van der Waals surface area (Å²) in [5.41, 5.74) is 10.7. The van der Waals surface area contributed by atoms with E-state index in [4.69, 9.17) is 10.5 Å². The molecule has 2 N–H and O–H groups in total. The summed E-state index contributed by atoms with van der Waals surface area (Å²) in [6.07, 6.45) is 0.361. The Labute approximate surface area is 135 Å². The minimum atomic E-state index is -0.502. The third-order valence-electron chi connectivity index (χ3n) is 4.76. The molecule has 0 bridgehead atoms. The Kier molecular flexibility index (Phi) is 3.63. The quantitative estimate of drug-likeness (QED) is 0.880. The van der Waals surface area contributed by atoms with Crippen LogP contribution < -0.4 is 5.73 Å². The van der Waals surface area contributed by atoms with Crippen molar-refractivity contribution in [2.75, 3.05) is 13.2 Å². The molecule has 23 heavy (non-hydrogen) atoms. The van der Waals surface area contributed by atoms with Crippen LogP contribution in [0.4, 0.5) is 0 Å². The number of rotatable bonds is 1. The third-order valence-corrected chi connectivity index (χ3v) is 4.76. The summed E-state index contributed by atoms with van der Waals surface area (Å²) >= 11 is 0. The SMILES string of the molecule is NC1CN(C(=O)C2OCCc3ccccc32)Cc2ccccc21. The highest BCUT2D eigenvalue weighted by atomic mass is 16.5. The van der Waals surface area contributed by atoms with Crippen molar-refractivity contribution in [1.82, 2.24) is 4.90 Å². The topological polar surface area (TPSA) is 55.6 Å². The molecule has 4 nitrogen and oxygen atoms in total. The summed E-state index contributed by atoms with van der Waals surface area (Å²) < 4.78 is 5.81. The van der Waals surface area contributed by atoms with E-state index in [1.807, 2.05) is 47.4 Å². The first-order valence-electron chi connectivity index (χ1n) is 8.05. The average molecular weight is 308 g/mol. The minimum Gasteiger partial charge on any atom is -0.363 e. The van der Waals surface area contributed by atoms with Crippen LogP contribution in [0.25, 0.3) is 0 Å². The van der Waals surface area contributed by atoms with Crippen molar-refractivity contribution in [3.8, 4) is 0 Å². The summed E-state index contributed by atoms with van der Waals surface area (Å²) in [5, 5.41) is 0. The largest absolute Gasteiger partial charge is 0.363 e. The standard InChI is InChI=1S/C19H20N2O2/c20-17-12-21(11-14-6-2-3-7-15(14)17)19(22)18-16-8-4-1-5-13(16)9-10-23-18/h1-8,17-18H,9-12,20H2. The second kappa shape index (κ2) is 5.80. The summed E-state index contributed by atoms with van der Waals surface area (Å²) in [6.45, 7) is 1.73. The van der Waals surface area contributed by atoms with Crippen LogP contribution >= 0.6 is 0 Å². The maximum atomic E-state index is 13.0. The van der Waals surface area contributed by atoms with Gasteiger partial charge in [0.2, 0.25) is 0 Å². The predicted octanol–water partition coefficient (Wildman–Crippen LogP) is 2.34. The Bertz CT molecular complexity index is 744. The molecule has 2 aromatic carbocycles. The molecule has 118 valence electrons. The second-order valence-corrected chi connectivity index (χ2v) is 6.22. The number of amides is 1. The van der Waals surface area contributed by atoms with Crippen molar-refractivity contribution in [3.63, 3.8) is 0 Å². The highest BCUT2D eigenvalue weighted by Crippen LogP contribution is 2.32. The number of nitrogens with zero attached hydrogens (tertiary/aromatic N) is 1. The Morgan fingerprint density at radius 3 is 2.57 bits per heavy atom. The van der Waals surface area contributed by atoms with E-state index in [9.17, 15) is 4.79 Å². The Balaban J connectivity index is 1.62. The Hall–Kier alpha value is -2.17. The number of hydrogen-bond donors (Lipinski definition) is 1. The highest BCUT2D eigenvalue weighted by molar-refractivity contribution is 5.83. The lowest BCUT2D eigenvalue weighted by atomic mass is 9.93. The van der Waals surface area contributed by atoms with Gasteiger partial charge in [-0.05, 0) is 28.7 Å². The number of fused-ring (bicyclic) bond motifs is 2. The van der Waals surface area contributed by atoms with Crippen molar-refractivity contribution in [2.45, 2.75) is 25.1 Å². The van der Waals surface area contributed by atoms with Gasteiger partial charge in [-0.25, -0.2) is 0 Å². The van der Waals surface area contributed by atoms with Gasteiger partial charge in [0.05, 0.1) is 6.61 Å². The molecule has 0 aromatic heterocycles. The van der Waals surface area contributed by atoms with Gasteiger partial charge in [0.1, 0.15) is 0 Å². The number of carbonyl (C=O) groups is 1. The van der Waals surface area contributed by atoms with E-state index in [0.29, 0.717) is 19.7 Å². The van der Waals surface area contributed by atoms with E-state index in [2.05, 4.69) is 6.07 Å². The molecule has 4 rings (SSSR count). The van der Waals surface area contributed by atoms with Crippen molar-refractivity contribution >= 4 is 5.91 Å². The lowest BCUT2D eigenvalue weighted by Gasteiger charge is -2.36. The molecule has 2 aliphatic heterocycles. The molecule has 0 saturated carbocycles. The highest BCUT2D eigenvalue weighted by Gasteiger charge is 2.34. The van der Waals surface area contributed by atoms with Crippen molar-refractivity contribution in [2.24, 2.45) is 5.73 Å². The van der Waals surface area contributed by atoms with Gasteiger partial charge in [-0.2, -0.15) is 0 Å². The van der Waals surface area contributed by atoms with Gasteiger partial charge in [-0.3, -0.25) is 4.79 Å². The number of nitrogens with two attached hydrogens (primary N) is 1. The van der Waals surface area contributed by atoms with Crippen LogP contribution in [0.15, 0.2) is 48.5 Å². The zero-order valence-corrected chi connectivity index (χ0v) is 12.9. The molecule has 0 aliphatic carbocycles. The fourth-order valence-corrected chi connectivity index (χ4v) is 3.58. The molecule has 1 amide bonds. The van der Waals surface area contributed by atoms with Crippen LogP contribution in [-0.2, 0) is 22.5 Å². The van der Waals surface area contributed by atoms with E-state index < -0.39 is 6.10 Å². The van der Waals surface area contributed by atoms with Gasteiger partial charge in [-0.15, -0.1) is 0 Å². The molecule has 2 atom stereocenters. The molecule has 0 spiro atoms. The summed E-state index contributed by atoms with van der Waals surface area (Å²) in [7, 11) is 0. The molecule has 2 aliphatic rings. The van der Waals surface area contributed by atoms with Gasteiger partial charge in [-0.1, -0.05) is 48.5 Å². The summed E-state index contributed by atoms with van der Waals surface area (Å²) in [6, 6.07) is 16.0. The van der Waals surface area contributed by atoms with Crippen molar-refractivity contribution in [3.05, 3.63) is 70.8 Å². The predicted molar refractivity (Wildman–Crippen MR) is 87.6 cm³/mol. The van der Waals surface area contributed by atoms with E-state index in [-0.39, 0.29) is 11.9 Å². The van der Waals surface area contributed by atoms with Gasteiger partial charge >= 0.3 is 0 Å². The molecule has 4 heteroatoms. The van der Waals surface area contributed by atoms with Crippen LogP contribution in [0.3, 0.4) is 0 Å². The third kappa shape index (κ3) is 2.54. The van der Waals surface area contributed by atoms with Crippen LogP contribution in [0.2, 0.25) is 0 Å². The zero-order chi connectivity index (χ0) is 15.8. The normalized spacial score (nSPS) is 23.1.